The van der Waals surface area contributed by atoms with Crippen molar-refractivity contribution in [3.8, 4) is 0 Å². The molecule has 4 aliphatic rings. The summed E-state index contributed by atoms with van der Waals surface area (Å²) in [5.41, 5.74) is 0.0947. The summed E-state index contributed by atoms with van der Waals surface area (Å²) in [7, 11) is 0. The fourth-order valence-electron chi connectivity index (χ4n) is 7.74. The standard InChI is InChI=1S/C21H32O2/c1-19(2)17(23)8-11-21(4)15-7-10-20(3)9-5-6-14(20)13(15)12-16(22)18(19)21/h13-15,18H,5-12H2,1-4H3. The van der Waals surface area contributed by atoms with Gasteiger partial charge in [-0.3, -0.25) is 9.59 Å². The van der Waals surface area contributed by atoms with Crippen LogP contribution in [0.1, 0.15) is 79.1 Å². The molecule has 0 N–H and O–H groups in total. The van der Waals surface area contributed by atoms with Crippen molar-refractivity contribution >= 4 is 11.6 Å². The molecule has 4 fully saturated rings. The molecule has 0 radical (unpaired) electrons. The Labute approximate surface area is 140 Å². The number of hydrogen-bond donors (Lipinski definition) is 0. The number of Topliss-reactive ketones (excluding diaryl/α,β-unsaturated/α-hetero) is 2. The van der Waals surface area contributed by atoms with Gasteiger partial charge in [0.05, 0.1) is 0 Å². The summed E-state index contributed by atoms with van der Waals surface area (Å²) in [5.74, 6) is 2.69. The van der Waals surface area contributed by atoms with Crippen molar-refractivity contribution in [3.63, 3.8) is 0 Å². The zero-order valence-electron chi connectivity index (χ0n) is 15.3. The topological polar surface area (TPSA) is 34.1 Å². The molecule has 4 saturated carbocycles. The third-order valence-electron chi connectivity index (χ3n) is 8.81. The molecule has 128 valence electrons. The van der Waals surface area contributed by atoms with Crippen molar-refractivity contribution in [3.05, 3.63) is 0 Å². The lowest BCUT2D eigenvalue weighted by Gasteiger charge is -2.61. The molecule has 23 heavy (non-hydrogen) atoms. The van der Waals surface area contributed by atoms with E-state index in [-0.39, 0.29) is 11.3 Å². The van der Waals surface area contributed by atoms with Gasteiger partial charge in [0.1, 0.15) is 11.6 Å². The lowest BCUT2D eigenvalue weighted by Crippen LogP contribution is -2.61. The molecular weight excluding hydrogens is 284 g/mol. The molecule has 0 heterocycles. The van der Waals surface area contributed by atoms with Gasteiger partial charge in [-0.05, 0) is 60.7 Å². The molecule has 6 unspecified atom stereocenters. The third kappa shape index (κ3) is 1.93. The van der Waals surface area contributed by atoms with Gasteiger partial charge in [-0.25, -0.2) is 0 Å². The molecule has 2 heteroatoms. The SMILES string of the molecule is CC12CCCC1C1CC(=O)C3C(C)(C)C(=O)CCC3(C)C1CC2. The second-order valence-corrected chi connectivity index (χ2v) is 10.2. The second-order valence-electron chi connectivity index (χ2n) is 10.2. The number of fused-ring (bicyclic) bond motifs is 5. The summed E-state index contributed by atoms with van der Waals surface area (Å²) < 4.78 is 0. The zero-order valence-corrected chi connectivity index (χ0v) is 15.3. The van der Waals surface area contributed by atoms with E-state index in [0.29, 0.717) is 35.2 Å². The van der Waals surface area contributed by atoms with Gasteiger partial charge in [0.15, 0.2) is 0 Å². The Morgan fingerprint density at radius 2 is 1.65 bits per heavy atom. The van der Waals surface area contributed by atoms with Crippen LogP contribution in [0.4, 0.5) is 0 Å². The van der Waals surface area contributed by atoms with Crippen LogP contribution < -0.4 is 0 Å². The highest BCUT2D eigenvalue weighted by Crippen LogP contribution is 2.67. The quantitative estimate of drug-likeness (QED) is 0.643. The van der Waals surface area contributed by atoms with Gasteiger partial charge in [-0.2, -0.15) is 0 Å². The highest BCUT2D eigenvalue weighted by molar-refractivity contribution is 5.94. The van der Waals surface area contributed by atoms with E-state index in [9.17, 15) is 9.59 Å². The predicted molar refractivity (Wildman–Crippen MR) is 90.9 cm³/mol. The smallest absolute Gasteiger partial charge is 0.139 e. The number of hydrogen-bond acceptors (Lipinski definition) is 2. The van der Waals surface area contributed by atoms with Crippen molar-refractivity contribution in [2.24, 2.45) is 39.9 Å². The molecule has 0 aliphatic heterocycles. The molecule has 4 aliphatic carbocycles. The van der Waals surface area contributed by atoms with E-state index in [1.807, 2.05) is 13.8 Å². The number of rotatable bonds is 0. The van der Waals surface area contributed by atoms with E-state index < -0.39 is 5.41 Å². The molecule has 0 aromatic rings. The fourth-order valence-corrected chi connectivity index (χ4v) is 7.74. The van der Waals surface area contributed by atoms with Crippen molar-refractivity contribution in [2.45, 2.75) is 79.1 Å². The van der Waals surface area contributed by atoms with Crippen molar-refractivity contribution in [1.29, 1.82) is 0 Å². The monoisotopic (exact) mass is 316 g/mol. The van der Waals surface area contributed by atoms with E-state index in [1.165, 1.54) is 32.1 Å². The van der Waals surface area contributed by atoms with Gasteiger partial charge in [0.25, 0.3) is 0 Å². The molecule has 0 aromatic heterocycles. The molecule has 4 rings (SSSR count). The first-order valence-corrected chi connectivity index (χ1v) is 9.76. The minimum atomic E-state index is -0.453. The molecule has 6 atom stereocenters. The van der Waals surface area contributed by atoms with Gasteiger partial charge in [0, 0.05) is 24.2 Å². The zero-order chi connectivity index (χ0) is 16.6. The summed E-state index contributed by atoms with van der Waals surface area (Å²) >= 11 is 0. The van der Waals surface area contributed by atoms with Gasteiger partial charge < -0.3 is 0 Å². The third-order valence-corrected chi connectivity index (χ3v) is 8.81. The molecule has 0 spiro atoms. The van der Waals surface area contributed by atoms with E-state index in [1.54, 1.807) is 0 Å². The number of carbonyl (C=O) groups excluding carboxylic acids is 2. The number of carbonyl (C=O) groups is 2. The van der Waals surface area contributed by atoms with Crippen molar-refractivity contribution < 1.29 is 9.59 Å². The number of ketones is 2. The van der Waals surface area contributed by atoms with Gasteiger partial charge >= 0.3 is 0 Å². The maximum atomic E-state index is 13.2. The Morgan fingerprint density at radius 3 is 2.39 bits per heavy atom. The normalized spacial score (nSPS) is 51.8. The van der Waals surface area contributed by atoms with Crippen LogP contribution in [0.15, 0.2) is 0 Å². The Bertz CT molecular complexity index is 562. The predicted octanol–water partition coefficient (Wildman–Crippen LogP) is 4.80. The minimum Gasteiger partial charge on any atom is -0.299 e. The van der Waals surface area contributed by atoms with Crippen LogP contribution in [-0.2, 0) is 9.59 Å². The Morgan fingerprint density at radius 1 is 0.913 bits per heavy atom. The first-order valence-electron chi connectivity index (χ1n) is 9.76. The van der Waals surface area contributed by atoms with Crippen LogP contribution in [0.2, 0.25) is 0 Å². The van der Waals surface area contributed by atoms with Gasteiger partial charge in [-0.1, -0.05) is 34.1 Å². The van der Waals surface area contributed by atoms with E-state index in [0.717, 1.165) is 18.8 Å². The maximum absolute atomic E-state index is 13.2. The fraction of sp³-hybridized carbons (Fsp3) is 0.905. The van der Waals surface area contributed by atoms with Gasteiger partial charge in [-0.15, -0.1) is 0 Å². The minimum absolute atomic E-state index is 0.0386. The Kier molecular flexibility index (Phi) is 3.24. The van der Waals surface area contributed by atoms with E-state index in [4.69, 9.17) is 0 Å². The van der Waals surface area contributed by atoms with E-state index >= 15 is 0 Å². The van der Waals surface area contributed by atoms with Crippen molar-refractivity contribution in [1.82, 2.24) is 0 Å². The molecule has 0 bridgehead atoms. The van der Waals surface area contributed by atoms with Crippen molar-refractivity contribution in [2.75, 3.05) is 0 Å². The lowest BCUT2D eigenvalue weighted by atomic mass is 9.41. The summed E-state index contributed by atoms with van der Waals surface area (Å²) in [6, 6.07) is 0. The van der Waals surface area contributed by atoms with Crippen LogP contribution in [0.5, 0.6) is 0 Å². The van der Waals surface area contributed by atoms with Crippen LogP contribution in [0.25, 0.3) is 0 Å². The van der Waals surface area contributed by atoms with Crippen LogP contribution in [0, 0.1) is 39.9 Å². The summed E-state index contributed by atoms with van der Waals surface area (Å²) in [6.45, 7) is 8.92. The highest BCUT2D eigenvalue weighted by atomic mass is 16.1. The molecule has 0 saturated heterocycles. The van der Waals surface area contributed by atoms with Crippen LogP contribution >= 0.6 is 0 Å². The Balaban J connectivity index is 1.75. The summed E-state index contributed by atoms with van der Waals surface area (Å²) in [6.07, 6.45) is 9.03. The van der Waals surface area contributed by atoms with Gasteiger partial charge in [0.2, 0.25) is 0 Å². The molecule has 2 nitrogen and oxygen atoms in total. The molecule has 0 amide bonds. The first-order chi connectivity index (χ1) is 10.7. The largest absolute Gasteiger partial charge is 0.299 e. The van der Waals surface area contributed by atoms with Crippen LogP contribution in [-0.4, -0.2) is 11.6 Å². The highest BCUT2D eigenvalue weighted by Gasteiger charge is 2.64. The average Bonchev–Trinajstić information content (AvgIpc) is 2.85. The first kappa shape index (κ1) is 15.8. The van der Waals surface area contributed by atoms with E-state index in [2.05, 4.69) is 13.8 Å². The second kappa shape index (κ2) is 4.70. The molecular formula is C21H32O2. The molecule has 0 aromatic carbocycles. The lowest BCUT2D eigenvalue weighted by molar-refractivity contribution is -0.173. The van der Waals surface area contributed by atoms with Crippen LogP contribution in [0.3, 0.4) is 0 Å². The maximum Gasteiger partial charge on any atom is 0.139 e. The Hall–Kier alpha value is -0.660. The summed E-state index contributed by atoms with van der Waals surface area (Å²) in [4.78, 5) is 25.7. The summed E-state index contributed by atoms with van der Waals surface area (Å²) in [5, 5.41) is 0. The average molecular weight is 316 g/mol.